The van der Waals surface area contributed by atoms with Crippen LogP contribution < -0.4 is 5.73 Å². The zero-order valence-electron chi connectivity index (χ0n) is 9.50. The number of aryl methyl sites for hydroxylation is 3. The van der Waals surface area contributed by atoms with Crippen molar-refractivity contribution in [3.63, 3.8) is 0 Å². The van der Waals surface area contributed by atoms with E-state index in [0.717, 1.165) is 12.8 Å². The van der Waals surface area contributed by atoms with Gasteiger partial charge in [-0.3, -0.25) is 0 Å². The van der Waals surface area contributed by atoms with Gasteiger partial charge in [0, 0.05) is 17.3 Å². The van der Waals surface area contributed by atoms with Crippen LogP contribution in [-0.2, 0) is 6.42 Å². The van der Waals surface area contributed by atoms with Crippen molar-refractivity contribution in [2.24, 2.45) is 11.7 Å². The Hall–Kier alpha value is -0.410. The maximum absolute atomic E-state index is 5.99. The van der Waals surface area contributed by atoms with Gasteiger partial charge in [-0.2, -0.15) is 0 Å². The average Bonchev–Trinajstić information content (AvgIpc) is 2.42. The number of thiazole rings is 1. The molecule has 1 heterocycles. The van der Waals surface area contributed by atoms with E-state index < -0.39 is 0 Å². The number of rotatable bonds is 4. The van der Waals surface area contributed by atoms with E-state index in [9.17, 15) is 0 Å². The van der Waals surface area contributed by atoms with E-state index in [1.165, 1.54) is 15.6 Å². The molecule has 0 aromatic carbocycles. The minimum absolute atomic E-state index is 0.305. The second-order valence-corrected chi connectivity index (χ2v) is 5.48. The standard InChI is InChI=1S/C11H20N2S/c1-7(2)10(12)5-6-11-13-8(3)9(4)14-11/h7,10H,5-6,12H2,1-4H3. The number of aromatic nitrogens is 1. The second kappa shape index (κ2) is 4.89. The molecule has 14 heavy (non-hydrogen) atoms. The van der Waals surface area contributed by atoms with Gasteiger partial charge in [-0.05, 0) is 26.2 Å². The molecule has 0 saturated heterocycles. The molecule has 1 unspecified atom stereocenters. The number of nitrogens with two attached hydrogens (primary N) is 1. The fourth-order valence-corrected chi connectivity index (χ4v) is 2.22. The molecule has 0 aliphatic heterocycles. The van der Waals surface area contributed by atoms with Crippen molar-refractivity contribution in [2.45, 2.75) is 46.6 Å². The van der Waals surface area contributed by atoms with Gasteiger partial charge < -0.3 is 5.73 Å². The Morgan fingerprint density at radius 2 is 2.00 bits per heavy atom. The summed E-state index contributed by atoms with van der Waals surface area (Å²) in [5, 5.41) is 1.23. The summed E-state index contributed by atoms with van der Waals surface area (Å²) in [5.74, 6) is 0.567. The summed E-state index contributed by atoms with van der Waals surface area (Å²) in [7, 11) is 0. The van der Waals surface area contributed by atoms with E-state index >= 15 is 0 Å². The van der Waals surface area contributed by atoms with E-state index in [4.69, 9.17) is 5.73 Å². The first kappa shape index (κ1) is 11.7. The molecule has 1 aromatic heterocycles. The minimum Gasteiger partial charge on any atom is -0.327 e. The Balaban J connectivity index is 2.46. The van der Waals surface area contributed by atoms with Crippen LogP contribution in [0.15, 0.2) is 0 Å². The maximum Gasteiger partial charge on any atom is 0.0931 e. The highest BCUT2D eigenvalue weighted by Crippen LogP contribution is 2.18. The first-order valence-electron chi connectivity index (χ1n) is 5.19. The molecule has 0 aliphatic carbocycles. The van der Waals surface area contributed by atoms with Gasteiger partial charge in [-0.25, -0.2) is 4.98 Å². The van der Waals surface area contributed by atoms with Gasteiger partial charge in [0.1, 0.15) is 0 Å². The summed E-state index contributed by atoms with van der Waals surface area (Å²) < 4.78 is 0. The second-order valence-electron chi connectivity index (χ2n) is 4.20. The fourth-order valence-electron chi connectivity index (χ4n) is 1.27. The Morgan fingerprint density at radius 1 is 1.36 bits per heavy atom. The molecule has 0 amide bonds. The van der Waals surface area contributed by atoms with E-state index in [2.05, 4.69) is 32.7 Å². The Bertz CT molecular complexity index is 272. The lowest BCUT2D eigenvalue weighted by Crippen LogP contribution is -2.26. The molecule has 3 heteroatoms. The first-order valence-corrected chi connectivity index (χ1v) is 6.01. The predicted molar refractivity (Wildman–Crippen MR) is 62.7 cm³/mol. The Morgan fingerprint density at radius 3 is 2.43 bits per heavy atom. The van der Waals surface area contributed by atoms with Gasteiger partial charge >= 0.3 is 0 Å². The third-order valence-corrected chi connectivity index (χ3v) is 3.75. The molecule has 0 fully saturated rings. The van der Waals surface area contributed by atoms with Crippen molar-refractivity contribution >= 4 is 11.3 Å². The average molecular weight is 212 g/mol. The van der Waals surface area contributed by atoms with E-state index in [1.807, 2.05) is 0 Å². The highest BCUT2D eigenvalue weighted by Gasteiger charge is 2.09. The highest BCUT2D eigenvalue weighted by molar-refractivity contribution is 7.11. The van der Waals surface area contributed by atoms with E-state index in [1.54, 1.807) is 11.3 Å². The Labute approximate surface area is 90.6 Å². The van der Waals surface area contributed by atoms with Gasteiger partial charge in [0.05, 0.1) is 10.7 Å². The zero-order valence-corrected chi connectivity index (χ0v) is 10.3. The van der Waals surface area contributed by atoms with Crippen molar-refractivity contribution in [3.05, 3.63) is 15.6 Å². The molecule has 0 saturated carbocycles. The third-order valence-electron chi connectivity index (χ3n) is 2.62. The summed E-state index contributed by atoms with van der Waals surface area (Å²) in [6.07, 6.45) is 2.07. The smallest absolute Gasteiger partial charge is 0.0931 e. The largest absolute Gasteiger partial charge is 0.327 e. The minimum atomic E-state index is 0.305. The first-order chi connectivity index (χ1) is 6.50. The van der Waals surface area contributed by atoms with Crippen molar-refractivity contribution in [3.8, 4) is 0 Å². The van der Waals surface area contributed by atoms with Gasteiger partial charge in [0.25, 0.3) is 0 Å². The number of hydrogen-bond acceptors (Lipinski definition) is 3. The number of nitrogens with zero attached hydrogens (tertiary/aromatic N) is 1. The van der Waals surface area contributed by atoms with Crippen molar-refractivity contribution in [2.75, 3.05) is 0 Å². The summed E-state index contributed by atoms with van der Waals surface area (Å²) in [5.41, 5.74) is 7.16. The molecular weight excluding hydrogens is 192 g/mol. The molecule has 0 aliphatic rings. The molecule has 80 valence electrons. The lowest BCUT2D eigenvalue weighted by molar-refractivity contribution is 0.464. The number of hydrogen-bond donors (Lipinski definition) is 1. The van der Waals surface area contributed by atoms with E-state index in [0.29, 0.717) is 12.0 Å². The molecule has 0 spiro atoms. The summed E-state index contributed by atoms with van der Waals surface area (Å²) in [6.45, 7) is 8.53. The lowest BCUT2D eigenvalue weighted by Gasteiger charge is -2.13. The van der Waals surface area contributed by atoms with Crippen LogP contribution in [0.1, 0.15) is 35.8 Å². The van der Waals surface area contributed by atoms with Crippen LogP contribution >= 0.6 is 11.3 Å². The van der Waals surface area contributed by atoms with Crippen molar-refractivity contribution < 1.29 is 0 Å². The van der Waals surface area contributed by atoms with Crippen LogP contribution in [-0.4, -0.2) is 11.0 Å². The van der Waals surface area contributed by atoms with Crippen LogP contribution in [0.5, 0.6) is 0 Å². The molecule has 1 aromatic rings. The molecule has 0 radical (unpaired) electrons. The van der Waals surface area contributed by atoms with Crippen LogP contribution in [0.25, 0.3) is 0 Å². The molecule has 1 atom stereocenters. The van der Waals surface area contributed by atoms with E-state index in [-0.39, 0.29) is 0 Å². The molecular formula is C11H20N2S. The monoisotopic (exact) mass is 212 g/mol. The van der Waals surface area contributed by atoms with Gasteiger partial charge in [-0.1, -0.05) is 13.8 Å². The van der Waals surface area contributed by atoms with Gasteiger partial charge in [-0.15, -0.1) is 11.3 Å². The van der Waals surface area contributed by atoms with Crippen molar-refractivity contribution in [1.82, 2.24) is 4.98 Å². The normalized spacial score (nSPS) is 13.6. The zero-order chi connectivity index (χ0) is 10.7. The SMILES string of the molecule is Cc1nc(CCC(N)C(C)C)sc1C. The predicted octanol–water partition coefficient (Wildman–Crippen LogP) is 2.68. The molecule has 1 rings (SSSR count). The lowest BCUT2D eigenvalue weighted by atomic mass is 10.0. The molecule has 2 N–H and O–H groups in total. The van der Waals surface area contributed by atoms with Crippen LogP contribution in [0, 0.1) is 19.8 Å². The topological polar surface area (TPSA) is 38.9 Å². The van der Waals surface area contributed by atoms with Crippen LogP contribution in [0.4, 0.5) is 0 Å². The van der Waals surface area contributed by atoms with Gasteiger partial charge in [0.15, 0.2) is 0 Å². The quantitative estimate of drug-likeness (QED) is 0.833. The maximum atomic E-state index is 5.99. The summed E-state index contributed by atoms with van der Waals surface area (Å²) >= 11 is 1.80. The fraction of sp³-hybridized carbons (Fsp3) is 0.727. The third kappa shape index (κ3) is 3.07. The van der Waals surface area contributed by atoms with Crippen molar-refractivity contribution in [1.29, 1.82) is 0 Å². The summed E-state index contributed by atoms with van der Waals surface area (Å²) in [4.78, 5) is 5.84. The molecule has 2 nitrogen and oxygen atoms in total. The van der Waals surface area contributed by atoms with Crippen LogP contribution in [0.3, 0.4) is 0 Å². The molecule has 0 bridgehead atoms. The summed E-state index contributed by atoms with van der Waals surface area (Å²) in [6, 6.07) is 0.305. The van der Waals surface area contributed by atoms with Crippen LogP contribution in [0.2, 0.25) is 0 Å². The van der Waals surface area contributed by atoms with Gasteiger partial charge in [0.2, 0.25) is 0 Å². The Kier molecular flexibility index (Phi) is 4.08. The highest BCUT2D eigenvalue weighted by atomic mass is 32.1.